The number of esters is 1. The van der Waals surface area contributed by atoms with Crippen molar-refractivity contribution in [2.24, 2.45) is 0 Å². The van der Waals surface area contributed by atoms with Gasteiger partial charge in [0.2, 0.25) is 0 Å². The lowest BCUT2D eigenvalue weighted by atomic mass is 10.1. The van der Waals surface area contributed by atoms with Crippen LogP contribution >= 0.6 is 11.8 Å². The Balaban J connectivity index is 1.79. The van der Waals surface area contributed by atoms with Crippen LogP contribution in [0.15, 0.2) is 53.4 Å². The summed E-state index contributed by atoms with van der Waals surface area (Å²) in [5.74, 6) is 0.00776. The van der Waals surface area contributed by atoms with Crippen LogP contribution in [0.3, 0.4) is 0 Å². The Labute approximate surface area is 158 Å². The number of benzene rings is 2. The second kappa shape index (κ2) is 10.5. The van der Waals surface area contributed by atoms with Gasteiger partial charge in [-0.25, -0.2) is 0 Å². The van der Waals surface area contributed by atoms with E-state index in [0.29, 0.717) is 18.7 Å². The molecule has 1 amide bonds. The first-order chi connectivity index (χ1) is 12.6. The second-order valence-corrected chi connectivity index (χ2v) is 6.30. The van der Waals surface area contributed by atoms with Crippen molar-refractivity contribution in [3.63, 3.8) is 0 Å². The molecule has 2 rings (SSSR count). The number of para-hydroxylation sites is 2. The van der Waals surface area contributed by atoms with Crippen LogP contribution < -0.4 is 10.1 Å². The van der Waals surface area contributed by atoms with Crippen molar-refractivity contribution >= 4 is 29.3 Å². The Morgan fingerprint density at radius 3 is 2.58 bits per heavy atom. The molecule has 0 radical (unpaired) electrons. The fourth-order valence-corrected chi connectivity index (χ4v) is 2.95. The van der Waals surface area contributed by atoms with Crippen molar-refractivity contribution < 1.29 is 19.1 Å². The van der Waals surface area contributed by atoms with E-state index in [1.807, 2.05) is 61.7 Å². The standard InChI is InChI=1S/C20H23NO4S/c1-3-24-17-10-6-4-8-15(17)12-13-20(23)25-14-19(22)21-16-9-5-7-11-18(16)26-2/h4-11H,3,12-14H2,1-2H3,(H,21,22). The average molecular weight is 373 g/mol. The number of anilines is 1. The van der Waals surface area contributed by atoms with E-state index in [2.05, 4.69) is 5.32 Å². The predicted octanol–water partition coefficient (Wildman–Crippen LogP) is 3.92. The predicted molar refractivity (Wildman–Crippen MR) is 104 cm³/mol. The molecule has 0 aliphatic heterocycles. The number of rotatable bonds is 9. The Morgan fingerprint density at radius 2 is 1.81 bits per heavy atom. The third kappa shape index (κ3) is 6.11. The first kappa shape index (κ1) is 19.8. The summed E-state index contributed by atoms with van der Waals surface area (Å²) < 4.78 is 10.6. The molecular formula is C20H23NO4S. The molecule has 138 valence electrons. The SMILES string of the molecule is CCOc1ccccc1CCC(=O)OCC(=O)Nc1ccccc1SC. The highest BCUT2D eigenvalue weighted by Gasteiger charge is 2.11. The van der Waals surface area contributed by atoms with E-state index in [9.17, 15) is 9.59 Å². The summed E-state index contributed by atoms with van der Waals surface area (Å²) in [5, 5.41) is 2.76. The van der Waals surface area contributed by atoms with Gasteiger partial charge in [0, 0.05) is 11.3 Å². The average Bonchev–Trinajstić information content (AvgIpc) is 2.66. The van der Waals surface area contributed by atoms with E-state index in [1.165, 1.54) is 11.8 Å². The zero-order valence-electron chi connectivity index (χ0n) is 15.0. The van der Waals surface area contributed by atoms with Crippen molar-refractivity contribution in [3.8, 4) is 5.75 Å². The molecule has 26 heavy (non-hydrogen) atoms. The number of carbonyl (C=O) groups is 2. The van der Waals surface area contributed by atoms with E-state index >= 15 is 0 Å². The van der Waals surface area contributed by atoms with Gasteiger partial charge in [0.1, 0.15) is 5.75 Å². The van der Waals surface area contributed by atoms with Gasteiger partial charge in [-0.15, -0.1) is 11.8 Å². The summed E-state index contributed by atoms with van der Waals surface area (Å²) in [6, 6.07) is 15.1. The Hall–Kier alpha value is -2.47. The maximum Gasteiger partial charge on any atom is 0.306 e. The van der Waals surface area contributed by atoms with Crippen LogP contribution in [0.2, 0.25) is 0 Å². The molecule has 1 N–H and O–H groups in total. The molecule has 2 aromatic carbocycles. The summed E-state index contributed by atoms with van der Waals surface area (Å²) in [7, 11) is 0. The van der Waals surface area contributed by atoms with Crippen LogP contribution in [0.1, 0.15) is 18.9 Å². The molecule has 0 heterocycles. The minimum Gasteiger partial charge on any atom is -0.494 e. The van der Waals surface area contributed by atoms with Crippen LogP contribution in [-0.4, -0.2) is 31.3 Å². The fraction of sp³-hybridized carbons (Fsp3) is 0.300. The largest absolute Gasteiger partial charge is 0.494 e. The van der Waals surface area contributed by atoms with Gasteiger partial charge in [0.25, 0.3) is 5.91 Å². The Bertz CT molecular complexity index is 748. The molecule has 0 spiro atoms. The van der Waals surface area contributed by atoms with Gasteiger partial charge < -0.3 is 14.8 Å². The summed E-state index contributed by atoms with van der Waals surface area (Å²) in [6.45, 7) is 2.19. The van der Waals surface area contributed by atoms with Crippen LogP contribution in [0.25, 0.3) is 0 Å². The third-order valence-corrected chi connectivity index (χ3v) is 4.41. The number of nitrogens with one attached hydrogen (secondary N) is 1. The molecule has 6 heteroatoms. The molecule has 5 nitrogen and oxygen atoms in total. The number of amides is 1. The smallest absolute Gasteiger partial charge is 0.306 e. The molecular weight excluding hydrogens is 350 g/mol. The molecule has 0 bridgehead atoms. The third-order valence-electron chi connectivity index (χ3n) is 3.62. The van der Waals surface area contributed by atoms with E-state index in [0.717, 1.165) is 16.2 Å². The number of hydrogen-bond acceptors (Lipinski definition) is 5. The van der Waals surface area contributed by atoms with E-state index in [-0.39, 0.29) is 18.9 Å². The molecule has 0 aromatic heterocycles. The second-order valence-electron chi connectivity index (χ2n) is 5.45. The Morgan fingerprint density at radius 1 is 1.08 bits per heavy atom. The number of hydrogen-bond donors (Lipinski definition) is 1. The van der Waals surface area contributed by atoms with Crippen molar-refractivity contribution in [3.05, 3.63) is 54.1 Å². The zero-order valence-corrected chi connectivity index (χ0v) is 15.8. The number of aryl methyl sites for hydroxylation is 1. The molecule has 0 saturated heterocycles. The molecule has 2 aromatic rings. The van der Waals surface area contributed by atoms with Gasteiger partial charge >= 0.3 is 5.97 Å². The van der Waals surface area contributed by atoms with Crippen LogP contribution in [0, 0.1) is 0 Å². The van der Waals surface area contributed by atoms with Crippen molar-refractivity contribution in [2.75, 3.05) is 24.8 Å². The quantitative estimate of drug-likeness (QED) is 0.533. The lowest BCUT2D eigenvalue weighted by Gasteiger charge is -2.11. The van der Waals surface area contributed by atoms with E-state index in [1.54, 1.807) is 0 Å². The maximum absolute atomic E-state index is 12.0. The lowest BCUT2D eigenvalue weighted by Crippen LogP contribution is -2.21. The van der Waals surface area contributed by atoms with Gasteiger partial charge in [-0.3, -0.25) is 9.59 Å². The van der Waals surface area contributed by atoms with E-state index in [4.69, 9.17) is 9.47 Å². The summed E-state index contributed by atoms with van der Waals surface area (Å²) in [6.07, 6.45) is 2.63. The first-order valence-corrected chi connectivity index (χ1v) is 9.65. The first-order valence-electron chi connectivity index (χ1n) is 8.43. The normalized spacial score (nSPS) is 10.2. The lowest BCUT2D eigenvalue weighted by molar-refractivity contribution is -0.147. The molecule has 0 aliphatic rings. The maximum atomic E-state index is 12.0. The van der Waals surface area contributed by atoms with Crippen molar-refractivity contribution in [1.29, 1.82) is 0 Å². The van der Waals surface area contributed by atoms with Crippen LogP contribution in [0.5, 0.6) is 5.75 Å². The highest BCUT2D eigenvalue weighted by molar-refractivity contribution is 7.98. The van der Waals surface area contributed by atoms with Gasteiger partial charge in [-0.05, 0) is 43.4 Å². The molecule has 0 fully saturated rings. The monoisotopic (exact) mass is 373 g/mol. The zero-order chi connectivity index (χ0) is 18.8. The van der Waals surface area contributed by atoms with Gasteiger partial charge in [-0.1, -0.05) is 30.3 Å². The van der Waals surface area contributed by atoms with Gasteiger partial charge in [-0.2, -0.15) is 0 Å². The highest BCUT2D eigenvalue weighted by Crippen LogP contribution is 2.24. The summed E-state index contributed by atoms with van der Waals surface area (Å²) in [5.41, 5.74) is 1.66. The summed E-state index contributed by atoms with van der Waals surface area (Å²) in [4.78, 5) is 24.9. The van der Waals surface area contributed by atoms with E-state index < -0.39 is 5.97 Å². The topological polar surface area (TPSA) is 64.6 Å². The van der Waals surface area contributed by atoms with Gasteiger partial charge in [0.05, 0.1) is 12.3 Å². The molecule has 0 unspecified atom stereocenters. The minimum atomic E-state index is -0.412. The van der Waals surface area contributed by atoms with Gasteiger partial charge in [0.15, 0.2) is 6.61 Å². The minimum absolute atomic E-state index is 0.193. The fourth-order valence-electron chi connectivity index (χ4n) is 2.40. The van der Waals surface area contributed by atoms with Crippen LogP contribution in [-0.2, 0) is 20.7 Å². The number of ether oxygens (including phenoxy) is 2. The number of thioether (sulfide) groups is 1. The molecule has 0 atom stereocenters. The Kier molecular flexibility index (Phi) is 8.02. The molecule has 0 saturated carbocycles. The van der Waals surface area contributed by atoms with Crippen molar-refractivity contribution in [2.45, 2.75) is 24.7 Å². The van der Waals surface area contributed by atoms with Crippen molar-refractivity contribution in [1.82, 2.24) is 0 Å². The number of carbonyl (C=O) groups excluding carboxylic acids is 2. The highest BCUT2D eigenvalue weighted by atomic mass is 32.2. The van der Waals surface area contributed by atoms with Crippen LogP contribution in [0.4, 0.5) is 5.69 Å². The molecule has 0 aliphatic carbocycles. The summed E-state index contributed by atoms with van der Waals surface area (Å²) >= 11 is 1.54.